The molecule has 0 aliphatic carbocycles. The van der Waals surface area contributed by atoms with Crippen molar-refractivity contribution in [2.75, 3.05) is 11.9 Å². The van der Waals surface area contributed by atoms with Crippen molar-refractivity contribution in [2.45, 2.75) is 33.2 Å². The van der Waals surface area contributed by atoms with Crippen molar-refractivity contribution in [3.63, 3.8) is 0 Å². The number of nitrogens with one attached hydrogen (secondary N) is 2. The van der Waals surface area contributed by atoms with Gasteiger partial charge >= 0.3 is 0 Å². The summed E-state index contributed by atoms with van der Waals surface area (Å²) in [5, 5.41) is 10.5. The molecule has 2 heterocycles. The van der Waals surface area contributed by atoms with E-state index in [1.54, 1.807) is 22.8 Å². The first-order valence-electron chi connectivity index (χ1n) is 10.8. The number of halogens is 1. The molecule has 176 valence electrons. The number of rotatable bonds is 9. The highest BCUT2D eigenvalue weighted by Gasteiger charge is 2.14. The molecule has 0 aliphatic heterocycles. The Bertz CT molecular complexity index is 1340. The molecular formula is C24H24FN5O2S2. The van der Waals surface area contributed by atoms with Crippen molar-refractivity contribution in [2.24, 2.45) is 0 Å². The van der Waals surface area contributed by atoms with E-state index in [2.05, 4.69) is 20.5 Å². The van der Waals surface area contributed by atoms with Gasteiger partial charge in [-0.1, -0.05) is 18.2 Å². The van der Waals surface area contributed by atoms with Crippen LogP contribution in [0.5, 0.6) is 5.75 Å². The molecule has 34 heavy (non-hydrogen) atoms. The van der Waals surface area contributed by atoms with Crippen molar-refractivity contribution in [3.8, 4) is 17.1 Å². The standard InChI is InChI=1S/C24H24FN5O2S2/c1-3-32-18-10-8-16(9-11-18)22-28-29-24(33)30(22)13-12-21(31)27-23-26-15(2)20(34-23)14-17-6-4-5-7-19(17)25/h4-11H,3,12-14H2,1-2H3,(H,29,33)(H,26,27,31). The summed E-state index contributed by atoms with van der Waals surface area (Å²) in [6.45, 7) is 4.74. The van der Waals surface area contributed by atoms with Crippen LogP contribution in [0.15, 0.2) is 48.5 Å². The van der Waals surface area contributed by atoms with E-state index in [-0.39, 0.29) is 18.1 Å². The first-order chi connectivity index (χ1) is 16.4. The summed E-state index contributed by atoms with van der Waals surface area (Å²) >= 11 is 6.72. The minimum atomic E-state index is -0.249. The molecule has 2 N–H and O–H groups in total. The predicted octanol–water partition coefficient (Wildman–Crippen LogP) is 5.53. The lowest BCUT2D eigenvalue weighted by atomic mass is 10.1. The van der Waals surface area contributed by atoms with Gasteiger partial charge in [0.25, 0.3) is 0 Å². The van der Waals surface area contributed by atoms with Crippen molar-refractivity contribution in [1.82, 2.24) is 19.7 Å². The van der Waals surface area contributed by atoms with Crippen LogP contribution in [0.4, 0.5) is 9.52 Å². The summed E-state index contributed by atoms with van der Waals surface area (Å²) in [6, 6.07) is 14.2. The van der Waals surface area contributed by atoms with E-state index in [4.69, 9.17) is 17.0 Å². The number of hydrogen-bond acceptors (Lipinski definition) is 6. The van der Waals surface area contributed by atoms with Crippen LogP contribution >= 0.6 is 23.6 Å². The van der Waals surface area contributed by atoms with Gasteiger partial charge in [0.2, 0.25) is 5.91 Å². The lowest BCUT2D eigenvalue weighted by molar-refractivity contribution is -0.116. The highest BCUT2D eigenvalue weighted by molar-refractivity contribution is 7.71. The molecule has 0 saturated heterocycles. The Morgan fingerprint density at radius 3 is 2.74 bits per heavy atom. The van der Waals surface area contributed by atoms with E-state index in [0.717, 1.165) is 21.9 Å². The Kier molecular flexibility index (Phi) is 7.49. The molecule has 0 aliphatic rings. The second kappa shape index (κ2) is 10.7. The number of thiazole rings is 1. The molecule has 2 aromatic heterocycles. The number of amides is 1. The van der Waals surface area contributed by atoms with Gasteiger partial charge in [-0.15, -0.1) is 11.3 Å². The SMILES string of the molecule is CCOc1ccc(-c2n[nH]c(=S)n2CCC(=O)Nc2nc(C)c(Cc3ccccc3F)s2)cc1. The Morgan fingerprint density at radius 2 is 2.00 bits per heavy atom. The third kappa shape index (κ3) is 5.57. The van der Waals surface area contributed by atoms with Crippen molar-refractivity contribution >= 4 is 34.6 Å². The van der Waals surface area contributed by atoms with Gasteiger partial charge in [0.1, 0.15) is 11.6 Å². The molecule has 0 radical (unpaired) electrons. The number of aromatic amines is 1. The largest absolute Gasteiger partial charge is 0.494 e. The van der Waals surface area contributed by atoms with E-state index in [1.807, 2.05) is 38.1 Å². The fraction of sp³-hybridized carbons (Fsp3) is 0.250. The molecular weight excluding hydrogens is 473 g/mol. The molecule has 0 unspecified atom stereocenters. The monoisotopic (exact) mass is 497 g/mol. The maximum atomic E-state index is 14.0. The summed E-state index contributed by atoms with van der Waals surface area (Å²) < 4.78 is 21.7. The van der Waals surface area contributed by atoms with Crippen LogP contribution in [0.25, 0.3) is 11.4 Å². The smallest absolute Gasteiger partial charge is 0.227 e. The minimum Gasteiger partial charge on any atom is -0.494 e. The first kappa shape index (κ1) is 23.8. The molecule has 7 nitrogen and oxygen atoms in total. The number of aryl methyl sites for hydroxylation is 1. The number of ether oxygens (including phenoxy) is 1. The molecule has 0 spiro atoms. The molecule has 4 aromatic rings. The molecule has 0 fully saturated rings. The molecule has 0 atom stereocenters. The number of benzene rings is 2. The summed E-state index contributed by atoms with van der Waals surface area (Å²) in [5.74, 6) is 0.991. The van der Waals surface area contributed by atoms with Gasteiger partial charge in [0.15, 0.2) is 15.7 Å². The second-order valence-corrected chi connectivity index (χ2v) is 9.03. The number of aromatic nitrogens is 4. The Hall–Kier alpha value is -3.37. The lowest BCUT2D eigenvalue weighted by Crippen LogP contribution is -2.15. The first-order valence-corrected chi connectivity index (χ1v) is 12.0. The van der Waals surface area contributed by atoms with E-state index in [0.29, 0.717) is 40.9 Å². The number of H-pyrrole nitrogens is 1. The second-order valence-electron chi connectivity index (χ2n) is 7.56. The maximum Gasteiger partial charge on any atom is 0.227 e. The fourth-order valence-electron chi connectivity index (χ4n) is 3.47. The van der Waals surface area contributed by atoms with Crippen LogP contribution in [0, 0.1) is 17.5 Å². The number of anilines is 1. The van der Waals surface area contributed by atoms with Gasteiger partial charge in [-0.3, -0.25) is 14.5 Å². The summed E-state index contributed by atoms with van der Waals surface area (Å²) in [7, 11) is 0. The number of nitrogens with zero attached hydrogens (tertiary/aromatic N) is 3. The van der Waals surface area contributed by atoms with E-state index < -0.39 is 0 Å². The van der Waals surface area contributed by atoms with Gasteiger partial charge < -0.3 is 10.1 Å². The van der Waals surface area contributed by atoms with Gasteiger partial charge in [-0.25, -0.2) is 9.37 Å². The molecule has 10 heteroatoms. The number of hydrogen-bond donors (Lipinski definition) is 2. The fourth-order valence-corrected chi connectivity index (χ4v) is 4.69. The zero-order valence-corrected chi connectivity index (χ0v) is 20.4. The normalized spacial score (nSPS) is 10.9. The van der Waals surface area contributed by atoms with E-state index >= 15 is 0 Å². The number of carbonyl (C=O) groups is 1. The average Bonchev–Trinajstić information content (AvgIpc) is 3.36. The van der Waals surface area contributed by atoms with Crippen LogP contribution in [0.3, 0.4) is 0 Å². The van der Waals surface area contributed by atoms with Crippen molar-refractivity contribution < 1.29 is 13.9 Å². The third-order valence-electron chi connectivity index (χ3n) is 5.19. The molecule has 4 rings (SSSR count). The molecule has 0 bridgehead atoms. The highest BCUT2D eigenvalue weighted by atomic mass is 32.1. The van der Waals surface area contributed by atoms with Crippen LogP contribution in [0.1, 0.15) is 29.5 Å². The summed E-state index contributed by atoms with van der Waals surface area (Å²) in [4.78, 5) is 18.0. The predicted molar refractivity (Wildman–Crippen MR) is 133 cm³/mol. The Balaban J connectivity index is 1.40. The lowest BCUT2D eigenvalue weighted by Gasteiger charge is -2.08. The van der Waals surface area contributed by atoms with Crippen LogP contribution in [-0.2, 0) is 17.8 Å². The summed E-state index contributed by atoms with van der Waals surface area (Å²) in [6.07, 6.45) is 0.626. The quantitative estimate of drug-likeness (QED) is 0.297. The summed E-state index contributed by atoms with van der Waals surface area (Å²) in [5.41, 5.74) is 2.24. The maximum absolute atomic E-state index is 14.0. The van der Waals surface area contributed by atoms with Crippen LogP contribution in [0.2, 0.25) is 0 Å². The van der Waals surface area contributed by atoms with Crippen molar-refractivity contribution in [3.05, 3.63) is 75.3 Å². The third-order valence-corrected chi connectivity index (χ3v) is 6.58. The van der Waals surface area contributed by atoms with Crippen LogP contribution < -0.4 is 10.1 Å². The molecule has 2 aromatic carbocycles. The van der Waals surface area contributed by atoms with Gasteiger partial charge in [0, 0.05) is 29.8 Å². The Morgan fingerprint density at radius 1 is 1.24 bits per heavy atom. The van der Waals surface area contributed by atoms with Gasteiger partial charge in [-0.2, -0.15) is 5.10 Å². The average molecular weight is 498 g/mol. The van der Waals surface area contributed by atoms with Crippen LogP contribution in [-0.4, -0.2) is 32.3 Å². The van der Waals surface area contributed by atoms with E-state index in [1.165, 1.54) is 17.4 Å². The molecule has 1 amide bonds. The zero-order valence-electron chi connectivity index (χ0n) is 18.8. The molecule has 0 saturated carbocycles. The Labute approximate surface area is 205 Å². The van der Waals surface area contributed by atoms with Gasteiger partial charge in [-0.05, 0) is 62.0 Å². The minimum absolute atomic E-state index is 0.188. The zero-order chi connectivity index (χ0) is 24.1. The highest BCUT2D eigenvalue weighted by Crippen LogP contribution is 2.26. The van der Waals surface area contributed by atoms with Crippen molar-refractivity contribution in [1.29, 1.82) is 0 Å². The number of carbonyl (C=O) groups excluding carboxylic acids is 1. The van der Waals surface area contributed by atoms with Gasteiger partial charge in [0.05, 0.1) is 12.3 Å². The van der Waals surface area contributed by atoms with E-state index in [9.17, 15) is 9.18 Å². The topological polar surface area (TPSA) is 84.8 Å².